The number of hydrogen-bond acceptors (Lipinski definition) is 4. The fourth-order valence-electron chi connectivity index (χ4n) is 3.02. The van der Waals surface area contributed by atoms with Gasteiger partial charge in [-0.05, 0) is 58.2 Å². The van der Waals surface area contributed by atoms with Crippen LogP contribution in [0.25, 0.3) is 0 Å². The molecule has 0 saturated carbocycles. The largest absolute Gasteiger partial charge is 0.444 e. The van der Waals surface area contributed by atoms with E-state index in [1.54, 1.807) is 19.0 Å². The van der Waals surface area contributed by atoms with E-state index in [9.17, 15) is 9.59 Å². The summed E-state index contributed by atoms with van der Waals surface area (Å²) in [5, 5.41) is 9.49. The highest BCUT2D eigenvalue weighted by Gasteiger charge is 2.19. The molecule has 1 rings (SSSR count). The standard InChI is InChI=1S/C24H41N5O3.HI/c1-8-11-20(28-23(31)32-24(3,4)5)17-27-22(25-9-2)26-15-14-18-12-10-13-19(16-18)21(30)29(6)7;/h10,12-13,16,20H,8-9,11,14-15,17H2,1-7H3,(H,28,31)(H2,25,26,27);1H. The molecule has 0 fully saturated rings. The average Bonchev–Trinajstić information content (AvgIpc) is 2.70. The number of aliphatic imine (C=N–C) groups is 1. The third-order valence-corrected chi connectivity index (χ3v) is 4.46. The molecule has 0 aromatic heterocycles. The van der Waals surface area contributed by atoms with E-state index in [-0.39, 0.29) is 35.9 Å². The molecule has 0 bridgehead atoms. The molecule has 0 aliphatic heterocycles. The molecule has 1 aromatic rings. The lowest BCUT2D eigenvalue weighted by atomic mass is 10.1. The Morgan fingerprint density at radius 3 is 2.42 bits per heavy atom. The van der Waals surface area contributed by atoms with Gasteiger partial charge in [-0.3, -0.25) is 9.79 Å². The molecule has 8 nitrogen and oxygen atoms in total. The van der Waals surface area contributed by atoms with Gasteiger partial charge in [0.15, 0.2) is 5.96 Å². The molecule has 188 valence electrons. The SMILES string of the molecule is CCCC(CN=C(NCC)NCCc1cccc(C(=O)N(C)C)c1)NC(=O)OC(C)(C)C.I. The number of rotatable bonds is 10. The summed E-state index contributed by atoms with van der Waals surface area (Å²) < 4.78 is 5.37. The minimum Gasteiger partial charge on any atom is -0.444 e. The highest BCUT2D eigenvalue weighted by Crippen LogP contribution is 2.09. The average molecular weight is 576 g/mol. The third kappa shape index (κ3) is 13.3. The van der Waals surface area contributed by atoms with Crippen molar-refractivity contribution in [3.8, 4) is 0 Å². The van der Waals surface area contributed by atoms with Crippen LogP contribution in [0.4, 0.5) is 4.79 Å². The molecule has 33 heavy (non-hydrogen) atoms. The monoisotopic (exact) mass is 575 g/mol. The Bertz CT molecular complexity index is 763. The summed E-state index contributed by atoms with van der Waals surface area (Å²) in [5.74, 6) is 0.689. The molecule has 1 unspecified atom stereocenters. The van der Waals surface area contributed by atoms with E-state index in [4.69, 9.17) is 4.74 Å². The second-order valence-corrected chi connectivity index (χ2v) is 8.93. The number of alkyl carbamates (subject to hydrolysis) is 1. The molecular formula is C24H42IN5O3. The number of carbonyl (C=O) groups excluding carboxylic acids is 2. The van der Waals surface area contributed by atoms with Gasteiger partial charge in [-0.15, -0.1) is 24.0 Å². The molecule has 1 atom stereocenters. The fraction of sp³-hybridized carbons (Fsp3) is 0.625. The van der Waals surface area contributed by atoms with Crippen molar-refractivity contribution in [2.24, 2.45) is 4.99 Å². The molecule has 1 aromatic carbocycles. The zero-order valence-electron chi connectivity index (χ0n) is 21.2. The first-order chi connectivity index (χ1) is 15.1. The number of nitrogens with zero attached hydrogens (tertiary/aromatic N) is 2. The van der Waals surface area contributed by atoms with Crippen LogP contribution in [0.2, 0.25) is 0 Å². The first-order valence-corrected chi connectivity index (χ1v) is 11.4. The predicted molar refractivity (Wildman–Crippen MR) is 146 cm³/mol. The maximum Gasteiger partial charge on any atom is 0.407 e. The van der Waals surface area contributed by atoms with Crippen LogP contribution in [0.15, 0.2) is 29.3 Å². The van der Waals surface area contributed by atoms with Crippen LogP contribution in [0, 0.1) is 0 Å². The van der Waals surface area contributed by atoms with Gasteiger partial charge in [0.05, 0.1) is 12.6 Å². The van der Waals surface area contributed by atoms with Gasteiger partial charge < -0.3 is 25.6 Å². The molecular weight excluding hydrogens is 533 g/mol. The lowest BCUT2D eigenvalue weighted by Crippen LogP contribution is -2.43. The Balaban J connectivity index is 0.0000102. The Kier molecular flexibility index (Phi) is 14.8. The summed E-state index contributed by atoms with van der Waals surface area (Å²) >= 11 is 0. The second kappa shape index (κ2) is 15.7. The predicted octanol–water partition coefficient (Wildman–Crippen LogP) is 3.80. The van der Waals surface area contributed by atoms with Crippen molar-refractivity contribution in [2.75, 3.05) is 33.7 Å². The number of carbonyl (C=O) groups is 2. The Labute approximate surface area is 216 Å². The molecule has 0 aliphatic rings. The van der Waals surface area contributed by atoms with E-state index >= 15 is 0 Å². The lowest BCUT2D eigenvalue weighted by molar-refractivity contribution is 0.0503. The summed E-state index contributed by atoms with van der Waals surface area (Å²) in [5.41, 5.74) is 1.23. The highest BCUT2D eigenvalue weighted by atomic mass is 127. The molecule has 0 spiro atoms. The molecule has 9 heteroatoms. The third-order valence-electron chi connectivity index (χ3n) is 4.46. The van der Waals surface area contributed by atoms with Crippen molar-refractivity contribution < 1.29 is 14.3 Å². The quantitative estimate of drug-likeness (QED) is 0.224. The van der Waals surface area contributed by atoms with Crippen LogP contribution < -0.4 is 16.0 Å². The number of halogens is 1. The van der Waals surface area contributed by atoms with Gasteiger partial charge in [0, 0.05) is 32.7 Å². The van der Waals surface area contributed by atoms with Gasteiger partial charge in [0.25, 0.3) is 5.91 Å². The Morgan fingerprint density at radius 1 is 1.15 bits per heavy atom. The van der Waals surface area contributed by atoms with E-state index in [0.717, 1.165) is 31.4 Å². The van der Waals surface area contributed by atoms with Crippen LogP contribution >= 0.6 is 24.0 Å². The first kappa shape index (κ1) is 31.0. The van der Waals surface area contributed by atoms with E-state index < -0.39 is 11.7 Å². The molecule has 0 radical (unpaired) electrons. The van der Waals surface area contributed by atoms with Crippen LogP contribution in [0.1, 0.15) is 63.4 Å². The molecule has 0 heterocycles. The van der Waals surface area contributed by atoms with E-state index in [2.05, 4.69) is 27.9 Å². The zero-order valence-corrected chi connectivity index (χ0v) is 23.5. The van der Waals surface area contributed by atoms with Gasteiger partial charge in [-0.1, -0.05) is 25.5 Å². The van der Waals surface area contributed by atoms with Crippen LogP contribution in [0.3, 0.4) is 0 Å². The van der Waals surface area contributed by atoms with Gasteiger partial charge in [0.2, 0.25) is 0 Å². The Morgan fingerprint density at radius 2 is 1.85 bits per heavy atom. The van der Waals surface area contributed by atoms with E-state index in [0.29, 0.717) is 24.6 Å². The van der Waals surface area contributed by atoms with Gasteiger partial charge in [-0.2, -0.15) is 0 Å². The highest BCUT2D eigenvalue weighted by molar-refractivity contribution is 14.0. The smallest absolute Gasteiger partial charge is 0.407 e. The topological polar surface area (TPSA) is 95.1 Å². The number of ether oxygens (including phenoxy) is 1. The first-order valence-electron chi connectivity index (χ1n) is 11.4. The van der Waals surface area contributed by atoms with Crippen molar-refractivity contribution in [3.63, 3.8) is 0 Å². The zero-order chi connectivity index (χ0) is 24.1. The van der Waals surface area contributed by atoms with Gasteiger partial charge in [0.1, 0.15) is 5.60 Å². The number of nitrogens with one attached hydrogen (secondary N) is 3. The van der Waals surface area contributed by atoms with Crippen LogP contribution in [-0.2, 0) is 11.2 Å². The molecule has 0 aliphatic carbocycles. The molecule has 0 saturated heterocycles. The number of hydrogen-bond donors (Lipinski definition) is 3. The summed E-state index contributed by atoms with van der Waals surface area (Å²) in [6.45, 7) is 11.5. The summed E-state index contributed by atoms with van der Waals surface area (Å²) in [6.07, 6.45) is 2.08. The summed E-state index contributed by atoms with van der Waals surface area (Å²) in [4.78, 5) is 30.5. The van der Waals surface area contributed by atoms with Crippen molar-refractivity contribution in [3.05, 3.63) is 35.4 Å². The molecule has 2 amide bonds. The number of amides is 2. The van der Waals surface area contributed by atoms with Crippen molar-refractivity contribution in [1.82, 2.24) is 20.9 Å². The van der Waals surface area contributed by atoms with E-state index in [1.165, 1.54) is 0 Å². The van der Waals surface area contributed by atoms with Crippen LogP contribution in [0.5, 0.6) is 0 Å². The van der Waals surface area contributed by atoms with Crippen molar-refractivity contribution in [2.45, 2.75) is 65.5 Å². The van der Waals surface area contributed by atoms with Crippen LogP contribution in [-0.4, -0.2) is 68.2 Å². The lowest BCUT2D eigenvalue weighted by Gasteiger charge is -2.23. The summed E-state index contributed by atoms with van der Waals surface area (Å²) in [7, 11) is 3.50. The minimum atomic E-state index is -0.533. The second-order valence-electron chi connectivity index (χ2n) is 8.93. The van der Waals surface area contributed by atoms with Gasteiger partial charge in [-0.25, -0.2) is 4.79 Å². The fourth-order valence-corrected chi connectivity index (χ4v) is 3.02. The number of guanidine groups is 1. The van der Waals surface area contributed by atoms with Gasteiger partial charge >= 0.3 is 6.09 Å². The van der Waals surface area contributed by atoms with Crippen molar-refractivity contribution in [1.29, 1.82) is 0 Å². The summed E-state index contributed by atoms with van der Waals surface area (Å²) in [6, 6.07) is 7.58. The maximum absolute atomic E-state index is 12.2. The normalized spacial score (nSPS) is 12.3. The minimum absolute atomic E-state index is 0. The maximum atomic E-state index is 12.2. The molecule has 3 N–H and O–H groups in total. The van der Waals surface area contributed by atoms with Crippen molar-refractivity contribution >= 4 is 41.9 Å². The Hall–Kier alpha value is -2.04. The van der Waals surface area contributed by atoms with E-state index in [1.807, 2.05) is 52.0 Å². The number of benzene rings is 1.